The van der Waals surface area contributed by atoms with Gasteiger partial charge in [0, 0.05) is 22.5 Å². The summed E-state index contributed by atoms with van der Waals surface area (Å²) in [5.41, 5.74) is 14.5. The van der Waals surface area contributed by atoms with E-state index in [1.54, 1.807) is 0 Å². The van der Waals surface area contributed by atoms with Crippen molar-refractivity contribution in [1.29, 1.82) is 0 Å². The van der Waals surface area contributed by atoms with E-state index in [1.165, 1.54) is 27.6 Å². The zero-order chi connectivity index (χ0) is 25.6. The number of nitrogens with one attached hydrogen (secondary N) is 1. The van der Waals surface area contributed by atoms with Gasteiger partial charge in [-0.05, 0) is 77.9 Å². The molecule has 0 spiro atoms. The van der Waals surface area contributed by atoms with Crippen LogP contribution in [-0.4, -0.2) is 0 Å². The highest BCUT2D eigenvalue weighted by atomic mass is 16.5. The second-order valence-corrected chi connectivity index (χ2v) is 10.9. The average molecular weight is 475 g/mol. The molecule has 182 valence electrons. The molecule has 0 fully saturated rings. The quantitative estimate of drug-likeness (QED) is 0.201. The molecule has 0 unspecified atom stereocenters. The van der Waals surface area contributed by atoms with Crippen molar-refractivity contribution < 1.29 is 4.74 Å². The summed E-state index contributed by atoms with van der Waals surface area (Å²) in [6.07, 6.45) is 0. The third kappa shape index (κ3) is 4.49. The zero-order valence-electron chi connectivity index (χ0n) is 22.0. The number of hydrogen-bond acceptors (Lipinski definition) is 3. The third-order valence-corrected chi connectivity index (χ3v) is 6.89. The molecule has 0 heterocycles. The van der Waals surface area contributed by atoms with Crippen molar-refractivity contribution in [3.05, 3.63) is 101 Å². The molecule has 3 nitrogen and oxygen atoms in total. The largest absolute Gasteiger partial charge is 0.455 e. The molecule has 0 saturated heterocycles. The van der Waals surface area contributed by atoms with Gasteiger partial charge in [0.1, 0.15) is 5.75 Å². The van der Waals surface area contributed by atoms with Gasteiger partial charge < -0.3 is 15.8 Å². The van der Waals surface area contributed by atoms with Gasteiger partial charge in [-0.3, -0.25) is 0 Å². The second-order valence-electron chi connectivity index (χ2n) is 10.9. The monoisotopic (exact) mass is 474 g/mol. The van der Waals surface area contributed by atoms with Crippen LogP contribution in [0.1, 0.15) is 43.0 Å². The molecule has 5 aromatic carbocycles. The Bertz CT molecular complexity index is 1570. The third-order valence-electron chi connectivity index (χ3n) is 6.89. The van der Waals surface area contributed by atoms with Gasteiger partial charge >= 0.3 is 0 Å². The molecule has 0 amide bonds. The van der Waals surface area contributed by atoms with Crippen LogP contribution in [0.5, 0.6) is 11.5 Å². The number of anilines is 3. The molecule has 0 bridgehead atoms. The van der Waals surface area contributed by atoms with Crippen LogP contribution in [-0.2, 0) is 5.41 Å². The number of nitrogens with two attached hydrogens (primary N) is 1. The number of rotatable bonds is 4. The predicted molar refractivity (Wildman–Crippen MR) is 155 cm³/mol. The topological polar surface area (TPSA) is 47.3 Å². The Morgan fingerprint density at radius 1 is 0.722 bits per heavy atom. The Hall–Kier alpha value is -3.98. The van der Waals surface area contributed by atoms with Crippen LogP contribution < -0.4 is 15.8 Å². The number of nitrogen functional groups attached to an aromatic ring is 1. The number of aryl methyl sites for hydroxylation is 3. The molecular weight excluding hydrogens is 440 g/mol. The minimum absolute atomic E-state index is 0.0857. The van der Waals surface area contributed by atoms with Crippen molar-refractivity contribution in [1.82, 2.24) is 0 Å². The van der Waals surface area contributed by atoms with E-state index in [4.69, 9.17) is 10.5 Å². The lowest BCUT2D eigenvalue weighted by molar-refractivity contribution is 0.484. The highest BCUT2D eigenvalue weighted by Gasteiger charge is 2.17. The van der Waals surface area contributed by atoms with Gasteiger partial charge in [-0.2, -0.15) is 0 Å². The van der Waals surface area contributed by atoms with Gasteiger partial charge in [-0.1, -0.05) is 74.9 Å². The molecule has 0 saturated carbocycles. The van der Waals surface area contributed by atoms with Crippen molar-refractivity contribution in [3.8, 4) is 11.5 Å². The van der Waals surface area contributed by atoms with Crippen molar-refractivity contribution in [2.45, 2.75) is 47.0 Å². The molecule has 0 atom stereocenters. The molecule has 0 radical (unpaired) electrons. The van der Waals surface area contributed by atoms with E-state index in [1.807, 2.05) is 18.2 Å². The minimum Gasteiger partial charge on any atom is -0.455 e. The molecule has 3 N–H and O–H groups in total. The fourth-order valence-electron chi connectivity index (χ4n) is 4.95. The van der Waals surface area contributed by atoms with Crippen molar-refractivity contribution >= 4 is 38.6 Å². The lowest BCUT2D eigenvalue weighted by Gasteiger charge is -2.20. The fraction of sp³-hybridized carbons (Fsp3) is 0.212. The summed E-state index contributed by atoms with van der Waals surface area (Å²) < 4.78 is 6.39. The first-order valence-corrected chi connectivity index (χ1v) is 12.5. The summed E-state index contributed by atoms with van der Waals surface area (Å²) in [7, 11) is 0. The Morgan fingerprint density at radius 3 is 1.89 bits per heavy atom. The summed E-state index contributed by atoms with van der Waals surface area (Å²) in [5, 5.41) is 8.09. The van der Waals surface area contributed by atoms with Crippen molar-refractivity contribution in [2.75, 3.05) is 11.1 Å². The van der Waals surface area contributed by atoms with E-state index in [-0.39, 0.29) is 5.41 Å². The predicted octanol–water partition coefficient (Wildman–Crippen LogP) is 9.33. The Labute approximate surface area is 213 Å². The van der Waals surface area contributed by atoms with E-state index in [0.717, 1.165) is 33.3 Å². The van der Waals surface area contributed by atoms with Gasteiger partial charge in [-0.25, -0.2) is 0 Å². The van der Waals surface area contributed by atoms with Crippen LogP contribution in [0.3, 0.4) is 0 Å². The molecule has 5 aromatic rings. The molecule has 36 heavy (non-hydrogen) atoms. The maximum atomic E-state index is 6.75. The summed E-state index contributed by atoms with van der Waals surface area (Å²) in [6.45, 7) is 13.0. The first-order valence-electron chi connectivity index (χ1n) is 12.5. The molecule has 0 aromatic heterocycles. The van der Waals surface area contributed by atoms with Gasteiger partial charge in [0.15, 0.2) is 5.75 Å². The Morgan fingerprint density at radius 2 is 1.31 bits per heavy atom. The summed E-state index contributed by atoms with van der Waals surface area (Å²) in [5.74, 6) is 1.41. The van der Waals surface area contributed by atoms with Crippen LogP contribution in [0.15, 0.2) is 78.9 Å². The fourth-order valence-corrected chi connectivity index (χ4v) is 4.95. The maximum absolute atomic E-state index is 6.75. The summed E-state index contributed by atoms with van der Waals surface area (Å²) >= 11 is 0. The molecule has 0 aliphatic heterocycles. The van der Waals surface area contributed by atoms with E-state index in [9.17, 15) is 0 Å². The Kier molecular flexibility index (Phi) is 5.88. The lowest BCUT2D eigenvalue weighted by Crippen LogP contribution is -2.10. The summed E-state index contributed by atoms with van der Waals surface area (Å²) in [6, 6.07) is 27.5. The van der Waals surface area contributed by atoms with Gasteiger partial charge in [-0.15, -0.1) is 0 Å². The number of hydrogen-bond donors (Lipinski definition) is 2. The first kappa shape index (κ1) is 23.7. The highest BCUT2D eigenvalue weighted by Crippen LogP contribution is 2.42. The Balaban J connectivity index is 1.66. The zero-order valence-corrected chi connectivity index (χ0v) is 22.0. The van der Waals surface area contributed by atoms with Gasteiger partial charge in [0.05, 0.1) is 11.4 Å². The SMILES string of the molecule is Cc1cc(C)c(Nc2cc(Oc3ccc(C(C)(C)C)cc3)c(N)c3cc4ccccc4cc23)c(C)c1. The average Bonchev–Trinajstić information content (AvgIpc) is 2.82. The smallest absolute Gasteiger partial charge is 0.153 e. The number of ether oxygens (including phenoxy) is 1. The van der Waals surface area contributed by atoms with Crippen LogP contribution in [0.4, 0.5) is 17.1 Å². The van der Waals surface area contributed by atoms with Crippen molar-refractivity contribution in [3.63, 3.8) is 0 Å². The maximum Gasteiger partial charge on any atom is 0.153 e. The van der Waals surface area contributed by atoms with Crippen LogP contribution in [0.2, 0.25) is 0 Å². The second kappa shape index (κ2) is 8.91. The summed E-state index contributed by atoms with van der Waals surface area (Å²) in [4.78, 5) is 0. The molecular formula is C33H34N2O. The first-order chi connectivity index (χ1) is 17.1. The molecule has 5 rings (SSSR count). The van der Waals surface area contributed by atoms with Crippen LogP contribution in [0, 0.1) is 20.8 Å². The minimum atomic E-state index is 0.0857. The molecule has 3 heteroatoms. The van der Waals surface area contributed by atoms with Gasteiger partial charge in [0.2, 0.25) is 0 Å². The lowest BCUT2D eigenvalue weighted by atomic mass is 9.87. The number of benzene rings is 5. The van der Waals surface area contributed by atoms with Gasteiger partial charge in [0.25, 0.3) is 0 Å². The van der Waals surface area contributed by atoms with Crippen LogP contribution >= 0.6 is 0 Å². The van der Waals surface area contributed by atoms with Crippen LogP contribution in [0.25, 0.3) is 21.5 Å². The highest BCUT2D eigenvalue weighted by molar-refractivity contribution is 6.10. The number of fused-ring (bicyclic) bond motifs is 2. The van der Waals surface area contributed by atoms with E-state index in [0.29, 0.717) is 11.4 Å². The van der Waals surface area contributed by atoms with E-state index in [2.05, 4.69) is 108 Å². The molecule has 0 aliphatic rings. The van der Waals surface area contributed by atoms with E-state index < -0.39 is 0 Å². The normalized spacial score (nSPS) is 11.7. The standard InChI is InChI=1S/C33H34N2O/c1-20-15-21(2)32(22(3)16-20)35-29-19-30(36-26-13-11-25(12-14-26)33(4,5)6)31(34)28-18-24-10-8-7-9-23(24)17-27(28)29/h7-19,35H,34H2,1-6H3. The van der Waals surface area contributed by atoms with E-state index >= 15 is 0 Å². The van der Waals surface area contributed by atoms with Crippen molar-refractivity contribution in [2.24, 2.45) is 0 Å². The molecule has 0 aliphatic carbocycles.